The molecule has 0 aliphatic heterocycles. The highest BCUT2D eigenvalue weighted by Gasteiger charge is 2.07. The lowest BCUT2D eigenvalue weighted by Gasteiger charge is -2.01. The number of rotatable bonds is 2. The highest BCUT2D eigenvalue weighted by molar-refractivity contribution is 9.10. The second-order valence-corrected chi connectivity index (χ2v) is 3.99. The summed E-state index contributed by atoms with van der Waals surface area (Å²) in [5, 5.41) is 8.77. The fourth-order valence-corrected chi connectivity index (χ4v) is 1.51. The summed E-state index contributed by atoms with van der Waals surface area (Å²) in [7, 11) is 0. The van der Waals surface area contributed by atoms with Crippen molar-refractivity contribution in [1.29, 1.82) is 0 Å². The van der Waals surface area contributed by atoms with Crippen molar-refractivity contribution in [1.82, 2.24) is 9.97 Å². The summed E-state index contributed by atoms with van der Waals surface area (Å²) in [5.41, 5.74) is 1.45. The molecule has 0 aliphatic rings. The fraction of sp³-hybridized carbons (Fsp3) is 0. The molecule has 0 radical (unpaired) electrons. The Labute approximate surface area is 100 Å². The highest BCUT2D eigenvalue weighted by atomic mass is 79.9. The van der Waals surface area contributed by atoms with E-state index in [0.717, 1.165) is 10.0 Å². The number of carboxylic acid groups (broad SMARTS) is 1. The second-order valence-electron chi connectivity index (χ2n) is 3.08. The average molecular weight is 279 g/mol. The number of carboxylic acids is 1. The van der Waals surface area contributed by atoms with Crippen LogP contribution >= 0.6 is 15.9 Å². The Morgan fingerprint density at radius 1 is 1.19 bits per heavy atom. The van der Waals surface area contributed by atoms with E-state index in [9.17, 15) is 4.79 Å². The summed E-state index contributed by atoms with van der Waals surface area (Å²) in [6.45, 7) is 0. The minimum Gasteiger partial charge on any atom is -0.475 e. The van der Waals surface area contributed by atoms with Crippen LogP contribution in [-0.2, 0) is 0 Å². The van der Waals surface area contributed by atoms with Gasteiger partial charge in [0.2, 0.25) is 5.82 Å². The number of benzene rings is 1. The predicted octanol–water partition coefficient (Wildman–Crippen LogP) is 2.60. The summed E-state index contributed by atoms with van der Waals surface area (Å²) in [6.07, 6.45) is 1.44. The van der Waals surface area contributed by atoms with Crippen molar-refractivity contribution in [3.8, 4) is 11.3 Å². The molecule has 0 unspecified atom stereocenters. The third-order valence-corrected chi connectivity index (χ3v) is 2.52. The van der Waals surface area contributed by atoms with Gasteiger partial charge >= 0.3 is 5.97 Å². The van der Waals surface area contributed by atoms with Gasteiger partial charge in [-0.3, -0.25) is 0 Å². The zero-order valence-electron chi connectivity index (χ0n) is 8.09. The van der Waals surface area contributed by atoms with Crippen LogP contribution in [0.5, 0.6) is 0 Å². The van der Waals surface area contributed by atoms with Crippen molar-refractivity contribution in [2.75, 3.05) is 0 Å². The molecule has 0 bridgehead atoms. The number of halogens is 1. The topological polar surface area (TPSA) is 63.1 Å². The third-order valence-electron chi connectivity index (χ3n) is 1.99. The van der Waals surface area contributed by atoms with Crippen molar-refractivity contribution in [2.45, 2.75) is 0 Å². The molecular formula is C11H7BrN2O2. The van der Waals surface area contributed by atoms with Crippen molar-refractivity contribution < 1.29 is 9.90 Å². The highest BCUT2D eigenvalue weighted by Crippen LogP contribution is 2.19. The molecule has 1 heterocycles. The van der Waals surface area contributed by atoms with Gasteiger partial charge < -0.3 is 5.11 Å². The standard InChI is InChI=1S/C11H7BrN2O2/c12-8-3-1-7(2-4-8)9-5-6-13-10(14-9)11(15)16/h1-6H,(H,15,16). The van der Waals surface area contributed by atoms with Crippen LogP contribution in [0.4, 0.5) is 0 Å². The van der Waals surface area contributed by atoms with Crippen LogP contribution < -0.4 is 0 Å². The van der Waals surface area contributed by atoms with E-state index < -0.39 is 5.97 Å². The summed E-state index contributed by atoms with van der Waals surface area (Å²) >= 11 is 3.33. The van der Waals surface area contributed by atoms with Crippen LogP contribution in [0.2, 0.25) is 0 Å². The molecule has 0 aliphatic carbocycles. The maximum absolute atomic E-state index is 10.7. The predicted molar refractivity (Wildman–Crippen MR) is 62.1 cm³/mol. The van der Waals surface area contributed by atoms with Gasteiger partial charge in [0.1, 0.15) is 0 Å². The molecule has 0 saturated carbocycles. The first kappa shape index (κ1) is 10.8. The van der Waals surface area contributed by atoms with Crippen LogP contribution in [0.3, 0.4) is 0 Å². The van der Waals surface area contributed by atoms with E-state index in [1.54, 1.807) is 6.07 Å². The maximum atomic E-state index is 10.7. The largest absolute Gasteiger partial charge is 0.475 e. The average Bonchev–Trinajstić information content (AvgIpc) is 2.30. The molecule has 0 spiro atoms. The molecule has 1 aromatic heterocycles. The molecule has 5 heteroatoms. The molecule has 2 aromatic rings. The van der Waals surface area contributed by atoms with E-state index in [0.29, 0.717) is 5.69 Å². The van der Waals surface area contributed by atoms with Gasteiger partial charge in [0.25, 0.3) is 0 Å². The van der Waals surface area contributed by atoms with Gasteiger partial charge in [0, 0.05) is 16.2 Å². The summed E-state index contributed by atoms with van der Waals surface area (Å²) in [4.78, 5) is 18.3. The van der Waals surface area contributed by atoms with Crippen LogP contribution in [0.15, 0.2) is 41.0 Å². The molecule has 0 saturated heterocycles. The van der Waals surface area contributed by atoms with Gasteiger partial charge in [-0.1, -0.05) is 28.1 Å². The Kier molecular flexibility index (Phi) is 2.96. The van der Waals surface area contributed by atoms with E-state index in [2.05, 4.69) is 25.9 Å². The normalized spacial score (nSPS) is 10.1. The molecule has 0 atom stereocenters. The Hall–Kier alpha value is -1.75. The third kappa shape index (κ3) is 2.25. The first-order chi connectivity index (χ1) is 7.66. The van der Waals surface area contributed by atoms with Crippen LogP contribution in [0.25, 0.3) is 11.3 Å². The molecule has 80 valence electrons. The SMILES string of the molecule is O=C(O)c1nccc(-c2ccc(Br)cc2)n1. The van der Waals surface area contributed by atoms with Gasteiger partial charge in [0.05, 0.1) is 5.69 Å². The number of nitrogens with zero attached hydrogens (tertiary/aromatic N) is 2. The zero-order valence-corrected chi connectivity index (χ0v) is 9.68. The molecule has 2 rings (SSSR count). The molecule has 0 amide bonds. The summed E-state index contributed by atoms with van der Waals surface area (Å²) in [5.74, 6) is -1.32. The lowest BCUT2D eigenvalue weighted by molar-refractivity contribution is 0.0683. The van der Waals surface area contributed by atoms with Gasteiger partial charge in [-0.2, -0.15) is 0 Å². The Balaban J connectivity index is 2.44. The van der Waals surface area contributed by atoms with E-state index in [-0.39, 0.29) is 5.82 Å². The molecule has 0 fully saturated rings. The van der Waals surface area contributed by atoms with Crippen LogP contribution in [-0.4, -0.2) is 21.0 Å². The van der Waals surface area contributed by atoms with Crippen molar-refractivity contribution >= 4 is 21.9 Å². The maximum Gasteiger partial charge on any atom is 0.373 e. The Bertz CT molecular complexity index is 526. The lowest BCUT2D eigenvalue weighted by atomic mass is 10.1. The van der Waals surface area contributed by atoms with Crippen LogP contribution in [0.1, 0.15) is 10.6 Å². The molecular weight excluding hydrogens is 272 g/mol. The smallest absolute Gasteiger partial charge is 0.373 e. The number of aromatic carboxylic acids is 1. The quantitative estimate of drug-likeness (QED) is 0.917. The van der Waals surface area contributed by atoms with Crippen molar-refractivity contribution in [3.63, 3.8) is 0 Å². The van der Waals surface area contributed by atoms with E-state index >= 15 is 0 Å². The molecule has 1 aromatic carbocycles. The summed E-state index contributed by atoms with van der Waals surface area (Å²) < 4.78 is 0.962. The van der Waals surface area contributed by atoms with Crippen LogP contribution in [0, 0.1) is 0 Å². The first-order valence-corrected chi connectivity index (χ1v) is 5.28. The van der Waals surface area contributed by atoms with Gasteiger partial charge in [0.15, 0.2) is 0 Å². The van der Waals surface area contributed by atoms with Gasteiger partial charge in [-0.25, -0.2) is 14.8 Å². The molecule has 16 heavy (non-hydrogen) atoms. The Morgan fingerprint density at radius 3 is 2.50 bits per heavy atom. The number of hydrogen-bond acceptors (Lipinski definition) is 3. The zero-order chi connectivity index (χ0) is 11.5. The number of carbonyl (C=O) groups is 1. The number of hydrogen-bond donors (Lipinski definition) is 1. The van der Waals surface area contributed by atoms with Gasteiger partial charge in [-0.05, 0) is 18.2 Å². The lowest BCUT2D eigenvalue weighted by Crippen LogP contribution is -2.03. The van der Waals surface area contributed by atoms with Crippen molar-refractivity contribution in [2.24, 2.45) is 0 Å². The fourth-order valence-electron chi connectivity index (χ4n) is 1.24. The minimum absolute atomic E-state index is 0.194. The minimum atomic E-state index is -1.13. The second kappa shape index (κ2) is 4.40. The van der Waals surface area contributed by atoms with E-state index in [1.165, 1.54) is 6.20 Å². The first-order valence-electron chi connectivity index (χ1n) is 4.49. The van der Waals surface area contributed by atoms with Crippen molar-refractivity contribution in [3.05, 3.63) is 46.8 Å². The summed E-state index contributed by atoms with van der Waals surface area (Å²) in [6, 6.07) is 9.14. The van der Waals surface area contributed by atoms with E-state index in [4.69, 9.17) is 5.11 Å². The molecule has 4 nitrogen and oxygen atoms in total. The molecule has 1 N–H and O–H groups in total. The van der Waals surface area contributed by atoms with Gasteiger partial charge in [-0.15, -0.1) is 0 Å². The van der Waals surface area contributed by atoms with E-state index in [1.807, 2.05) is 24.3 Å². The Morgan fingerprint density at radius 2 is 1.88 bits per heavy atom. The monoisotopic (exact) mass is 278 g/mol. The number of aromatic nitrogens is 2.